The number of carbonyl (C=O) groups excluding carboxylic acids is 1. The second-order valence-corrected chi connectivity index (χ2v) is 4.34. The summed E-state index contributed by atoms with van der Waals surface area (Å²) in [5.41, 5.74) is 3.05. The monoisotopic (exact) mass is 219 g/mol. The summed E-state index contributed by atoms with van der Waals surface area (Å²) in [7, 11) is 0. The smallest absolute Gasteiger partial charge is 0.251 e. The molecular formula is C14H21NO. The van der Waals surface area contributed by atoms with Gasteiger partial charge in [-0.2, -0.15) is 0 Å². The Hall–Kier alpha value is -1.31. The molecule has 2 heteroatoms. The van der Waals surface area contributed by atoms with Crippen LogP contribution < -0.4 is 5.32 Å². The van der Waals surface area contributed by atoms with Crippen LogP contribution in [0.15, 0.2) is 18.2 Å². The van der Waals surface area contributed by atoms with Gasteiger partial charge in [0, 0.05) is 12.1 Å². The highest BCUT2D eigenvalue weighted by atomic mass is 16.1. The summed E-state index contributed by atoms with van der Waals surface area (Å²) >= 11 is 0. The average molecular weight is 219 g/mol. The summed E-state index contributed by atoms with van der Waals surface area (Å²) in [6.07, 6.45) is 3.42. The van der Waals surface area contributed by atoms with Gasteiger partial charge in [-0.15, -0.1) is 0 Å². The topological polar surface area (TPSA) is 29.1 Å². The van der Waals surface area contributed by atoms with Crippen molar-refractivity contribution in [1.82, 2.24) is 5.32 Å². The molecule has 0 fully saturated rings. The standard InChI is InChI=1S/C14H21NO/c1-4-5-6-7-15-14(16)13-9-11(2)8-12(3)10-13/h8-10H,4-7H2,1-3H3,(H,15,16). The van der Waals surface area contributed by atoms with Crippen LogP contribution in [0.1, 0.15) is 47.7 Å². The van der Waals surface area contributed by atoms with E-state index in [0.717, 1.165) is 29.7 Å². The molecule has 0 spiro atoms. The van der Waals surface area contributed by atoms with Crippen molar-refractivity contribution < 1.29 is 4.79 Å². The van der Waals surface area contributed by atoms with Gasteiger partial charge in [-0.25, -0.2) is 0 Å². The third-order valence-electron chi connectivity index (χ3n) is 2.55. The first-order chi connectivity index (χ1) is 7.63. The maximum atomic E-state index is 11.8. The van der Waals surface area contributed by atoms with Crippen molar-refractivity contribution in [1.29, 1.82) is 0 Å². The van der Waals surface area contributed by atoms with Crippen LogP contribution in [0.3, 0.4) is 0 Å². The molecule has 0 saturated carbocycles. The highest BCUT2D eigenvalue weighted by molar-refractivity contribution is 5.94. The fourth-order valence-corrected chi connectivity index (χ4v) is 1.78. The van der Waals surface area contributed by atoms with Crippen molar-refractivity contribution in [3.63, 3.8) is 0 Å². The molecule has 0 aliphatic heterocycles. The fraction of sp³-hybridized carbons (Fsp3) is 0.500. The predicted molar refractivity (Wildman–Crippen MR) is 67.8 cm³/mol. The molecule has 1 rings (SSSR count). The molecule has 0 unspecified atom stereocenters. The molecular weight excluding hydrogens is 198 g/mol. The summed E-state index contributed by atoms with van der Waals surface area (Å²) in [5.74, 6) is 0.0444. The van der Waals surface area contributed by atoms with Crippen molar-refractivity contribution in [2.45, 2.75) is 40.0 Å². The molecule has 1 amide bonds. The third-order valence-corrected chi connectivity index (χ3v) is 2.55. The lowest BCUT2D eigenvalue weighted by Crippen LogP contribution is -2.24. The minimum atomic E-state index is 0.0444. The predicted octanol–water partition coefficient (Wildman–Crippen LogP) is 3.22. The maximum Gasteiger partial charge on any atom is 0.251 e. The Morgan fingerprint density at radius 3 is 2.31 bits per heavy atom. The Balaban J connectivity index is 2.52. The number of amides is 1. The summed E-state index contributed by atoms with van der Waals surface area (Å²) in [6, 6.07) is 5.94. The number of benzene rings is 1. The van der Waals surface area contributed by atoms with E-state index in [4.69, 9.17) is 0 Å². The lowest BCUT2D eigenvalue weighted by molar-refractivity contribution is 0.0953. The van der Waals surface area contributed by atoms with E-state index in [2.05, 4.69) is 18.3 Å². The molecule has 1 aromatic rings. The summed E-state index contributed by atoms with van der Waals surface area (Å²) < 4.78 is 0. The normalized spacial score (nSPS) is 10.2. The van der Waals surface area contributed by atoms with Gasteiger partial charge in [0.15, 0.2) is 0 Å². The van der Waals surface area contributed by atoms with Gasteiger partial charge >= 0.3 is 0 Å². The molecule has 0 saturated heterocycles. The first-order valence-corrected chi connectivity index (χ1v) is 6.00. The average Bonchev–Trinajstić information content (AvgIpc) is 2.22. The third kappa shape index (κ3) is 4.05. The Bertz CT molecular complexity index is 338. The van der Waals surface area contributed by atoms with E-state index in [1.165, 1.54) is 12.8 Å². The molecule has 0 aliphatic carbocycles. The number of carbonyl (C=O) groups is 1. The SMILES string of the molecule is CCCCCNC(=O)c1cc(C)cc(C)c1. The minimum Gasteiger partial charge on any atom is -0.352 e. The summed E-state index contributed by atoms with van der Waals surface area (Å²) in [6.45, 7) is 6.97. The van der Waals surface area contributed by atoms with Crippen molar-refractivity contribution in [2.75, 3.05) is 6.54 Å². The van der Waals surface area contributed by atoms with Crippen LogP contribution in [-0.4, -0.2) is 12.5 Å². The molecule has 16 heavy (non-hydrogen) atoms. The van der Waals surface area contributed by atoms with Crippen LogP contribution in [0.25, 0.3) is 0 Å². The van der Waals surface area contributed by atoms with E-state index in [9.17, 15) is 4.79 Å². The van der Waals surface area contributed by atoms with Gasteiger partial charge in [-0.05, 0) is 32.4 Å². The van der Waals surface area contributed by atoms with Gasteiger partial charge < -0.3 is 5.32 Å². The zero-order chi connectivity index (χ0) is 12.0. The molecule has 0 aromatic heterocycles. The molecule has 0 bridgehead atoms. The Morgan fingerprint density at radius 1 is 1.12 bits per heavy atom. The Labute approximate surface area is 98.1 Å². The number of unbranched alkanes of at least 4 members (excludes halogenated alkanes) is 2. The number of hydrogen-bond acceptors (Lipinski definition) is 1. The van der Waals surface area contributed by atoms with E-state index < -0.39 is 0 Å². The molecule has 0 radical (unpaired) electrons. The number of hydrogen-bond donors (Lipinski definition) is 1. The van der Waals surface area contributed by atoms with Gasteiger partial charge in [0.1, 0.15) is 0 Å². The second-order valence-electron chi connectivity index (χ2n) is 4.34. The highest BCUT2D eigenvalue weighted by Crippen LogP contribution is 2.08. The maximum absolute atomic E-state index is 11.8. The van der Waals surface area contributed by atoms with Crippen LogP contribution in [0.4, 0.5) is 0 Å². The van der Waals surface area contributed by atoms with Gasteiger partial charge in [0.2, 0.25) is 0 Å². The van der Waals surface area contributed by atoms with E-state index in [1.54, 1.807) is 0 Å². The second kappa shape index (κ2) is 6.31. The highest BCUT2D eigenvalue weighted by Gasteiger charge is 2.05. The molecule has 0 atom stereocenters. The number of rotatable bonds is 5. The van der Waals surface area contributed by atoms with Crippen molar-refractivity contribution in [2.24, 2.45) is 0 Å². The fourth-order valence-electron chi connectivity index (χ4n) is 1.78. The zero-order valence-corrected chi connectivity index (χ0v) is 10.5. The van der Waals surface area contributed by atoms with Crippen molar-refractivity contribution >= 4 is 5.91 Å². The Kier molecular flexibility index (Phi) is 5.03. The quantitative estimate of drug-likeness (QED) is 0.757. The van der Waals surface area contributed by atoms with Crippen LogP contribution >= 0.6 is 0 Å². The van der Waals surface area contributed by atoms with E-state index in [0.29, 0.717) is 0 Å². The van der Waals surface area contributed by atoms with Crippen LogP contribution in [-0.2, 0) is 0 Å². The van der Waals surface area contributed by atoms with Crippen LogP contribution in [0.2, 0.25) is 0 Å². The van der Waals surface area contributed by atoms with Crippen LogP contribution in [0, 0.1) is 13.8 Å². The number of nitrogens with one attached hydrogen (secondary N) is 1. The molecule has 0 aliphatic rings. The Morgan fingerprint density at radius 2 is 1.75 bits per heavy atom. The lowest BCUT2D eigenvalue weighted by atomic mass is 10.1. The molecule has 0 heterocycles. The molecule has 2 nitrogen and oxygen atoms in total. The summed E-state index contributed by atoms with van der Waals surface area (Å²) in [4.78, 5) is 11.8. The zero-order valence-electron chi connectivity index (χ0n) is 10.5. The molecule has 1 N–H and O–H groups in total. The van der Waals surface area contributed by atoms with E-state index >= 15 is 0 Å². The molecule has 1 aromatic carbocycles. The van der Waals surface area contributed by atoms with Crippen molar-refractivity contribution in [3.05, 3.63) is 34.9 Å². The van der Waals surface area contributed by atoms with Gasteiger partial charge in [0.05, 0.1) is 0 Å². The van der Waals surface area contributed by atoms with Gasteiger partial charge in [0.25, 0.3) is 5.91 Å². The lowest BCUT2D eigenvalue weighted by Gasteiger charge is -2.06. The first-order valence-electron chi connectivity index (χ1n) is 6.00. The van der Waals surface area contributed by atoms with E-state index in [1.807, 2.05) is 26.0 Å². The number of aryl methyl sites for hydroxylation is 2. The largest absolute Gasteiger partial charge is 0.352 e. The van der Waals surface area contributed by atoms with Gasteiger partial charge in [-0.1, -0.05) is 37.0 Å². The van der Waals surface area contributed by atoms with Gasteiger partial charge in [-0.3, -0.25) is 4.79 Å². The van der Waals surface area contributed by atoms with Crippen molar-refractivity contribution in [3.8, 4) is 0 Å². The van der Waals surface area contributed by atoms with E-state index in [-0.39, 0.29) is 5.91 Å². The van der Waals surface area contributed by atoms with Crippen LogP contribution in [0.5, 0.6) is 0 Å². The minimum absolute atomic E-state index is 0.0444. The summed E-state index contributed by atoms with van der Waals surface area (Å²) in [5, 5.41) is 2.95. The molecule has 88 valence electrons. The first kappa shape index (κ1) is 12.8.